The molecule has 9 heteroatoms. The maximum Gasteiger partial charge on any atom is 0.257 e. The molecule has 1 N–H and O–H groups in total. The first-order valence-electron chi connectivity index (χ1n) is 9.13. The smallest absolute Gasteiger partial charge is 0.257 e. The van der Waals surface area contributed by atoms with Gasteiger partial charge in [-0.3, -0.25) is 4.79 Å². The molecule has 0 atom stereocenters. The molecule has 1 saturated heterocycles. The lowest BCUT2D eigenvalue weighted by molar-refractivity contribution is 0.0708. The molecule has 0 aromatic heterocycles. The molecular weight excluding hydrogens is 416 g/mol. The molecule has 3 rings (SSSR count). The van der Waals surface area contributed by atoms with E-state index in [1.165, 1.54) is 26.4 Å². The molecule has 1 aliphatic rings. The number of carbonyl (C=O) groups excluding carboxylic acids is 1. The molecular formula is C20H23ClN2O5S. The maximum absolute atomic E-state index is 12.8. The van der Waals surface area contributed by atoms with Crippen LogP contribution in [-0.4, -0.2) is 52.6 Å². The van der Waals surface area contributed by atoms with Gasteiger partial charge < -0.3 is 14.4 Å². The van der Waals surface area contributed by atoms with Crippen molar-refractivity contribution in [3.8, 4) is 11.5 Å². The Kier molecular flexibility index (Phi) is 6.66. The van der Waals surface area contributed by atoms with Crippen molar-refractivity contribution in [1.29, 1.82) is 0 Å². The minimum Gasteiger partial charge on any atom is -0.497 e. The first-order valence-corrected chi connectivity index (χ1v) is 11.0. The van der Waals surface area contributed by atoms with Crippen molar-refractivity contribution in [2.45, 2.75) is 23.8 Å². The van der Waals surface area contributed by atoms with Gasteiger partial charge >= 0.3 is 0 Å². The van der Waals surface area contributed by atoms with Gasteiger partial charge in [-0.05, 0) is 55.3 Å². The van der Waals surface area contributed by atoms with Gasteiger partial charge in [0.2, 0.25) is 10.0 Å². The highest BCUT2D eigenvalue weighted by molar-refractivity contribution is 7.89. The van der Waals surface area contributed by atoms with Crippen LogP contribution in [0.1, 0.15) is 23.2 Å². The van der Waals surface area contributed by atoms with Crippen LogP contribution in [-0.2, 0) is 10.0 Å². The molecule has 1 heterocycles. The Labute approximate surface area is 175 Å². The second kappa shape index (κ2) is 9.02. The fraction of sp³-hybridized carbons (Fsp3) is 0.350. The molecule has 1 fully saturated rings. The third-order valence-corrected chi connectivity index (χ3v) is 6.64. The summed E-state index contributed by atoms with van der Waals surface area (Å²) in [6.07, 6.45) is 1.05. The lowest BCUT2D eigenvalue weighted by Gasteiger charge is -2.32. The highest BCUT2D eigenvalue weighted by Crippen LogP contribution is 2.26. The van der Waals surface area contributed by atoms with Gasteiger partial charge in [-0.2, -0.15) is 0 Å². The number of methoxy groups -OCH3 is 2. The Bertz CT molecular complexity index is 971. The van der Waals surface area contributed by atoms with E-state index in [0.29, 0.717) is 48.0 Å². The van der Waals surface area contributed by atoms with Gasteiger partial charge in [-0.1, -0.05) is 11.6 Å². The fourth-order valence-electron chi connectivity index (χ4n) is 3.25. The third-order valence-electron chi connectivity index (χ3n) is 4.87. The van der Waals surface area contributed by atoms with E-state index < -0.39 is 10.0 Å². The van der Waals surface area contributed by atoms with E-state index in [4.69, 9.17) is 21.1 Å². The number of hydrogen-bond acceptors (Lipinski definition) is 5. The fourth-order valence-corrected chi connectivity index (χ4v) is 4.72. The molecule has 1 aliphatic heterocycles. The van der Waals surface area contributed by atoms with Crippen LogP contribution in [0.4, 0.5) is 0 Å². The summed E-state index contributed by atoms with van der Waals surface area (Å²) in [5.41, 5.74) is 0.439. The van der Waals surface area contributed by atoms with Crippen LogP contribution in [0, 0.1) is 0 Å². The predicted octanol–water partition coefficient (Wildman–Crippen LogP) is 2.94. The van der Waals surface area contributed by atoms with E-state index in [0.717, 1.165) is 0 Å². The molecule has 2 aromatic carbocycles. The largest absolute Gasteiger partial charge is 0.497 e. The molecule has 0 aliphatic carbocycles. The van der Waals surface area contributed by atoms with Crippen LogP contribution < -0.4 is 14.2 Å². The van der Waals surface area contributed by atoms with E-state index >= 15 is 0 Å². The van der Waals surface area contributed by atoms with E-state index in [2.05, 4.69) is 4.72 Å². The van der Waals surface area contributed by atoms with Crippen molar-refractivity contribution < 1.29 is 22.7 Å². The normalized spacial score (nSPS) is 15.2. The molecule has 29 heavy (non-hydrogen) atoms. The Morgan fingerprint density at radius 2 is 1.72 bits per heavy atom. The molecule has 156 valence electrons. The summed E-state index contributed by atoms with van der Waals surface area (Å²) < 4.78 is 38.2. The number of benzene rings is 2. The molecule has 7 nitrogen and oxygen atoms in total. The highest BCUT2D eigenvalue weighted by Gasteiger charge is 2.28. The summed E-state index contributed by atoms with van der Waals surface area (Å²) >= 11 is 5.96. The molecule has 0 radical (unpaired) electrons. The first kappa shape index (κ1) is 21.4. The second-order valence-corrected chi connectivity index (χ2v) is 8.86. The van der Waals surface area contributed by atoms with Gasteiger partial charge in [-0.15, -0.1) is 0 Å². The zero-order valence-corrected chi connectivity index (χ0v) is 17.8. The lowest BCUT2D eigenvalue weighted by atomic mass is 10.0. The zero-order valence-electron chi connectivity index (χ0n) is 16.2. The number of amides is 1. The Balaban J connectivity index is 1.62. The maximum atomic E-state index is 12.8. The van der Waals surface area contributed by atoms with Gasteiger partial charge in [-0.25, -0.2) is 13.1 Å². The lowest BCUT2D eigenvalue weighted by Crippen LogP contribution is -2.46. The number of piperidine rings is 1. The average molecular weight is 439 g/mol. The molecule has 0 bridgehead atoms. The third kappa shape index (κ3) is 5.01. The van der Waals surface area contributed by atoms with Crippen LogP contribution in [0.5, 0.6) is 11.5 Å². The number of ether oxygens (including phenoxy) is 2. The monoisotopic (exact) mass is 438 g/mol. The number of nitrogens with zero attached hydrogens (tertiary/aromatic N) is 1. The van der Waals surface area contributed by atoms with Crippen molar-refractivity contribution in [2.24, 2.45) is 0 Å². The number of carbonyl (C=O) groups is 1. The van der Waals surface area contributed by atoms with Gasteiger partial charge in [0.05, 0.1) is 24.7 Å². The minimum atomic E-state index is -3.63. The number of halogens is 1. The van der Waals surface area contributed by atoms with Gasteiger partial charge in [0, 0.05) is 24.2 Å². The van der Waals surface area contributed by atoms with Crippen LogP contribution in [0.3, 0.4) is 0 Å². The van der Waals surface area contributed by atoms with Gasteiger partial charge in [0.25, 0.3) is 5.91 Å². The number of rotatable bonds is 6. The summed E-state index contributed by atoms with van der Waals surface area (Å²) in [5.74, 6) is 0.855. The van der Waals surface area contributed by atoms with E-state index in [1.807, 2.05) is 0 Å². The Morgan fingerprint density at radius 3 is 2.31 bits per heavy atom. The quantitative estimate of drug-likeness (QED) is 0.749. The zero-order chi connectivity index (χ0) is 21.0. The molecule has 2 aromatic rings. The van der Waals surface area contributed by atoms with Crippen molar-refractivity contribution in [2.75, 3.05) is 27.3 Å². The Morgan fingerprint density at radius 1 is 1.07 bits per heavy atom. The van der Waals surface area contributed by atoms with E-state index in [-0.39, 0.29) is 16.8 Å². The highest BCUT2D eigenvalue weighted by atomic mass is 35.5. The van der Waals surface area contributed by atoms with Crippen LogP contribution in [0.2, 0.25) is 5.02 Å². The molecule has 0 saturated carbocycles. The Hall–Kier alpha value is -2.29. The van der Waals surface area contributed by atoms with Crippen LogP contribution >= 0.6 is 11.6 Å². The minimum absolute atomic E-state index is 0.157. The summed E-state index contributed by atoms with van der Waals surface area (Å²) in [6.45, 7) is 0.890. The van der Waals surface area contributed by atoms with Crippen molar-refractivity contribution in [3.63, 3.8) is 0 Å². The second-order valence-electron chi connectivity index (χ2n) is 6.71. The van der Waals surface area contributed by atoms with Crippen molar-refractivity contribution >= 4 is 27.5 Å². The summed E-state index contributed by atoms with van der Waals surface area (Å²) in [6, 6.07) is 10.9. The predicted molar refractivity (Wildman–Crippen MR) is 110 cm³/mol. The molecule has 1 amide bonds. The number of nitrogens with one attached hydrogen (secondary N) is 1. The number of sulfonamides is 1. The summed E-state index contributed by atoms with van der Waals surface area (Å²) in [5, 5.41) is 0.491. The van der Waals surface area contributed by atoms with Crippen LogP contribution in [0.15, 0.2) is 47.4 Å². The first-order chi connectivity index (χ1) is 13.8. The number of hydrogen-bond donors (Lipinski definition) is 1. The van der Waals surface area contributed by atoms with E-state index in [9.17, 15) is 13.2 Å². The summed E-state index contributed by atoms with van der Waals surface area (Å²) in [7, 11) is -0.621. The van der Waals surface area contributed by atoms with Crippen molar-refractivity contribution in [1.82, 2.24) is 9.62 Å². The van der Waals surface area contributed by atoms with Crippen molar-refractivity contribution in [3.05, 3.63) is 53.1 Å². The summed E-state index contributed by atoms with van der Waals surface area (Å²) in [4.78, 5) is 14.7. The standard InChI is InChI=1S/C20H23ClN2O5S/c1-27-16-4-6-17(7-5-16)29(25,26)22-15-9-11-23(12-10-15)20(24)18-8-3-14(21)13-19(18)28-2/h3-8,13,15,22H,9-12H2,1-2H3. The number of likely N-dealkylation sites (tertiary alicyclic amines) is 1. The van der Waals surface area contributed by atoms with Gasteiger partial charge in [0.15, 0.2) is 0 Å². The molecule has 0 spiro atoms. The van der Waals surface area contributed by atoms with E-state index in [1.54, 1.807) is 35.2 Å². The van der Waals surface area contributed by atoms with Gasteiger partial charge in [0.1, 0.15) is 11.5 Å². The van der Waals surface area contributed by atoms with Crippen LogP contribution in [0.25, 0.3) is 0 Å². The topological polar surface area (TPSA) is 84.9 Å². The molecule has 0 unspecified atom stereocenters. The average Bonchev–Trinajstić information content (AvgIpc) is 2.73. The SMILES string of the molecule is COc1ccc(S(=O)(=O)NC2CCN(C(=O)c3ccc(Cl)cc3OC)CC2)cc1.